The van der Waals surface area contributed by atoms with E-state index in [0.29, 0.717) is 6.54 Å². The van der Waals surface area contributed by atoms with Crippen LogP contribution in [-0.4, -0.2) is 50.7 Å². The Balaban J connectivity index is 4.37. The molecule has 0 aliphatic rings. The van der Waals surface area contributed by atoms with Crippen molar-refractivity contribution in [2.75, 3.05) is 12.3 Å². The Morgan fingerprint density at radius 1 is 1.24 bits per heavy atom. The lowest BCUT2D eigenvalue weighted by atomic mass is 10.2. The van der Waals surface area contributed by atoms with Crippen LogP contribution in [0.3, 0.4) is 0 Å². The summed E-state index contributed by atoms with van der Waals surface area (Å²) in [4.78, 5) is 33.6. The Bertz CT molecular complexity index is 400. The number of carbonyl (C=O) groups excluding carboxylic acids is 2. The smallest absolute Gasteiger partial charge is 0.327 e. The van der Waals surface area contributed by atoms with Crippen molar-refractivity contribution in [1.82, 2.24) is 10.6 Å². The molecule has 21 heavy (non-hydrogen) atoms. The minimum absolute atomic E-state index is 0.293. The summed E-state index contributed by atoms with van der Waals surface area (Å²) in [7, 11) is -1.68. The van der Waals surface area contributed by atoms with Crippen LogP contribution < -0.4 is 10.6 Å². The van der Waals surface area contributed by atoms with E-state index in [1.165, 1.54) is 13.8 Å². The molecule has 2 amide bonds. The summed E-state index contributed by atoms with van der Waals surface area (Å²) in [5, 5.41) is 13.0. The molecule has 3 atom stereocenters. The molecule has 8 heteroatoms. The maximum absolute atomic E-state index is 12.0. The van der Waals surface area contributed by atoms with Crippen LogP contribution in [0, 0.1) is 0 Å². The zero-order chi connectivity index (χ0) is 16.4. The van der Waals surface area contributed by atoms with E-state index < -0.39 is 34.0 Å². The molecule has 0 spiro atoms. The summed E-state index contributed by atoms with van der Waals surface area (Å²) in [6.07, 6.45) is 2.89. The Labute approximate surface area is 127 Å². The van der Waals surface area contributed by atoms with Gasteiger partial charge < -0.3 is 15.7 Å². The van der Waals surface area contributed by atoms with Crippen LogP contribution in [0.2, 0.25) is 0 Å². The second kappa shape index (κ2) is 10.3. The standard InChI is InChI=1S/C13H24N2O5S/c1-4-5-6-7-14-12(17)9(2)21(20)8-11(13(18)19)15-10(3)16/h9,11H,4-8H2,1-3H3,(H,14,17)(H,15,16)(H,18,19)/t9?,11-,21?/m0/s1. The van der Waals surface area contributed by atoms with Crippen LogP contribution >= 0.6 is 0 Å². The largest absolute Gasteiger partial charge is 0.480 e. The fraction of sp³-hybridized carbons (Fsp3) is 0.769. The van der Waals surface area contributed by atoms with E-state index in [-0.39, 0.29) is 11.7 Å². The van der Waals surface area contributed by atoms with Gasteiger partial charge in [0.05, 0.1) is 5.75 Å². The highest BCUT2D eigenvalue weighted by atomic mass is 32.2. The fourth-order valence-electron chi connectivity index (χ4n) is 1.58. The van der Waals surface area contributed by atoms with Gasteiger partial charge in [0.25, 0.3) is 0 Å². The van der Waals surface area contributed by atoms with Gasteiger partial charge in [-0.2, -0.15) is 0 Å². The van der Waals surface area contributed by atoms with Gasteiger partial charge in [-0.15, -0.1) is 0 Å². The van der Waals surface area contributed by atoms with Crippen molar-refractivity contribution < 1.29 is 23.7 Å². The third kappa shape index (κ3) is 8.44. The van der Waals surface area contributed by atoms with Crippen LogP contribution in [0.5, 0.6) is 0 Å². The van der Waals surface area contributed by atoms with Gasteiger partial charge in [0.15, 0.2) is 0 Å². The molecule has 0 saturated heterocycles. The molecule has 0 heterocycles. The zero-order valence-electron chi connectivity index (χ0n) is 12.7. The number of hydrogen-bond donors (Lipinski definition) is 3. The lowest BCUT2D eigenvalue weighted by molar-refractivity contribution is -0.140. The fourth-order valence-corrected chi connectivity index (χ4v) is 2.74. The number of rotatable bonds is 10. The molecular weight excluding hydrogens is 296 g/mol. The molecule has 0 aromatic heterocycles. The van der Waals surface area contributed by atoms with E-state index >= 15 is 0 Å². The summed E-state index contributed by atoms with van der Waals surface area (Å²) in [6, 6.07) is -1.25. The average Bonchev–Trinajstić information content (AvgIpc) is 2.41. The van der Waals surface area contributed by atoms with Crippen molar-refractivity contribution in [1.29, 1.82) is 0 Å². The maximum Gasteiger partial charge on any atom is 0.327 e. The Kier molecular flexibility index (Phi) is 9.60. The topological polar surface area (TPSA) is 113 Å². The van der Waals surface area contributed by atoms with E-state index in [1.807, 2.05) is 6.92 Å². The van der Waals surface area contributed by atoms with Gasteiger partial charge in [-0.1, -0.05) is 19.8 Å². The number of carbonyl (C=O) groups is 3. The van der Waals surface area contributed by atoms with Gasteiger partial charge in [-0.3, -0.25) is 13.8 Å². The van der Waals surface area contributed by atoms with E-state index in [0.717, 1.165) is 19.3 Å². The molecule has 0 aromatic rings. The first kappa shape index (κ1) is 19.6. The maximum atomic E-state index is 12.0. The first-order valence-electron chi connectivity index (χ1n) is 6.94. The molecule has 0 aromatic carbocycles. The van der Waals surface area contributed by atoms with Gasteiger partial charge in [0.1, 0.15) is 11.3 Å². The number of amides is 2. The molecule has 0 bridgehead atoms. The molecule has 0 radical (unpaired) electrons. The normalized spacial score (nSPS) is 14.8. The number of hydrogen-bond acceptors (Lipinski definition) is 4. The lowest BCUT2D eigenvalue weighted by Crippen LogP contribution is -2.46. The minimum Gasteiger partial charge on any atom is -0.480 e. The Morgan fingerprint density at radius 3 is 2.33 bits per heavy atom. The summed E-state index contributed by atoms with van der Waals surface area (Å²) in [6.45, 7) is 5.23. The highest BCUT2D eigenvalue weighted by Crippen LogP contribution is 2.01. The second-order valence-corrected chi connectivity index (χ2v) is 6.58. The Hall–Kier alpha value is -1.44. The predicted octanol–water partition coefficient (Wildman–Crippen LogP) is 0.0193. The van der Waals surface area contributed by atoms with Crippen molar-refractivity contribution in [3.8, 4) is 0 Å². The van der Waals surface area contributed by atoms with Crippen LogP contribution in [-0.2, 0) is 25.2 Å². The Morgan fingerprint density at radius 2 is 1.86 bits per heavy atom. The summed E-state index contributed by atoms with van der Waals surface area (Å²) in [5.74, 6) is -2.44. The van der Waals surface area contributed by atoms with Gasteiger partial charge in [-0.25, -0.2) is 4.79 Å². The average molecular weight is 320 g/mol. The summed E-state index contributed by atoms with van der Waals surface area (Å²) >= 11 is 0. The molecule has 0 rings (SSSR count). The van der Waals surface area contributed by atoms with Crippen LogP contribution in [0.4, 0.5) is 0 Å². The van der Waals surface area contributed by atoms with Crippen LogP contribution in [0.25, 0.3) is 0 Å². The second-order valence-electron chi connectivity index (χ2n) is 4.78. The number of nitrogens with one attached hydrogen (secondary N) is 2. The van der Waals surface area contributed by atoms with Crippen molar-refractivity contribution in [2.45, 2.75) is 51.3 Å². The van der Waals surface area contributed by atoms with Gasteiger partial charge in [-0.05, 0) is 13.3 Å². The molecule has 7 nitrogen and oxygen atoms in total. The van der Waals surface area contributed by atoms with E-state index in [9.17, 15) is 18.6 Å². The molecular formula is C13H24N2O5S. The molecule has 0 aliphatic heterocycles. The first-order chi connectivity index (χ1) is 9.79. The van der Waals surface area contributed by atoms with Crippen molar-refractivity contribution in [2.24, 2.45) is 0 Å². The van der Waals surface area contributed by atoms with Gasteiger partial charge in [0.2, 0.25) is 11.8 Å². The number of unbranched alkanes of at least 4 members (excludes halogenated alkanes) is 2. The van der Waals surface area contributed by atoms with Gasteiger partial charge >= 0.3 is 5.97 Å². The molecule has 0 aliphatic carbocycles. The molecule has 2 unspecified atom stereocenters. The molecule has 122 valence electrons. The predicted molar refractivity (Wildman–Crippen MR) is 80.2 cm³/mol. The summed E-state index contributed by atoms with van der Waals surface area (Å²) < 4.78 is 12.0. The van der Waals surface area contributed by atoms with Crippen molar-refractivity contribution in [3.63, 3.8) is 0 Å². The van der Waals surface area contributed by atoms with E-state index in [4.69, 9.17) is 5.11 Å². The van der Waals surface area contributed by atoms with Crippen LogP contribution in [0.15, 0.2) is 0 Å². The van der Waals surface area contributed by atoms with E-state index in [2.05, 4.69) is 10.6 Å². The monoisotopic (exact) mass is 320 g/mol. The molecule has 3 N–H and O–H groups in total. The third-order valence-electron chi connectivity index (χ3n) is 2.85. The molecule has 0 saturated carbocycles. The van der Waals surface area contributed by atoms with Crippen molar-refractivity contribution >= 4 is 28.6 Å². The SMILES string of the molecule is CCCCCNC(=O)C(C)S(=O)C[C@H](NC(C)=O)C(=O)O. The number of carboxylic acid groups (broad SMARTS) is 1. The first-order valence-corrected chi connectivity index (χ1v) is 8.32. The third-order valence-corrected chi connectivity index (χ3v) is 4.51. The number of aliphatic carboxylic acids is 1. The summed E-state index contributed by atoms with van der Waals surface area (Å²) in [5.41, 5.74) is 0. The highest BCUT2D eigenvalue weighted by Gasteiger charge is 2.27. The van der Waals surface area contributed by atoms with Gasteiger partial charge in [0, 0.05) is 24.3 Å². The lowest BCUT2D eigenvalue weighted by Gasteiger charge is -2.16. The van der Waals surface area contributed by atoms with Crippen molar-refractivity contribution in [3.05, 3.63) is 0 Å². The highest BCUT2D eigenvalue weighted by molar-refractivity contribution is 7.86. The zero-order valence-corrected chi connectivity index (χ0v) is 13.5. The quantitative estimate of drug-likeness (QED) is 0.491. The van der Waals surface area contributed by atoms with Crippen LogP contribution in [0.1, 0.15) is 40.0 Å². The minimum atomic E-state index is -1.68. The van der Waals surface area contributed by atoms with E-state index in [1.54, 1.807) is 0 Å². The number of carboxylic acids is 1. The molecule has 0 fully saturated rings.